The summed E-state index contributed by atoms with van der Waals surface area (Å²) in [5.74, 6) is 0.472. The number of hydrogen-bond acceptors (Lipinski definition) is 3. The summed E-state index contributed by atoms with van der Waals surface area (Å²) >= 11 is 0. The van der Waals surface area contributed by atoms with Crippen molar-refractivity contribution in [3.05, 3.63) is 59.2 Å². The first-order chi connectivity index (χ1) is 14.5. The summed E-state index contributed by atoms with van der Waals surface area (Å²) in [6.07, 6.45) is 1.86. The Kier molecular flexibility index (Phi) is 9.80. The van der Waals surface area contributed by atoms with Gasteiger partial charge in [-0.25, -0.2) is 8.78 Å². The van der Waals surface area contributed by atoms with Crippen LogP contribution < -0.4 is 20.3 Å². The Morgan fingerprint density at radius 1 is 1.16 bits per heavy atom. The van der Waals surface area contributed by atoms with Gasteiger partial charge in [-0.3, -0.25) is 4.99 Å². The molecule has 1 atom stereocenters. The van der Waals surface area contributed by atoms with E-state index in [1.54, 1.807) is 20.2 Å². The van der Waals surface area contributed by atoms with Crippen molar-refractivity contribution >= 4 is 35.6 Å². The van der Waals surface area contributed by atoms with E-state index in [1.165, 1.54) is 17.7 Å². The normalized spacial score (nSPS) is 16.1. The lowest BCUT2D eigenvalue weighted by Crippen LogP contribution is -2.41. The third-order valence-electron chi connectivity index (χ3n) is 5.51. The molecule has 0 aliphatic carbocycles. The number of methoxy groups -OCH3 is 1. The van der Waals surface area contributed by atoms with Crippen LogP contribution in [0.15, 0.2) is 41.4 Å². The number of rotatable bonds is 7. The van der Waals surface area contributed by atoms with Gasteiger partial charge in [-0.05, 0) is 55.0 Å². The Labute approximate surface area is 200 Å². The molecule has 31 heavy (non-hydrogen) atoms. The first-order valence-electron chi connectivity index (χ1n) is 10.3. The number of aliphatic imine (C=N–C) groups is 1. The smallest absolute Gasteiger partial charge is 0.190 e. The largest absolute Gasteiger partial charge is 0.496 e. The van der Waals surface area contributed by atoms with E-state index in [4.69, 9.17) is 4.74 Å². The zero-order valence-corrected chi connectivity index (χ0v) is 20.6. The van der Waals surface area contributed by atoms with Crippen molar-refractivity contribution in [1.29, 1.82) is 0 Å². The third-order valence-corrected chi connectivity index (χ3v) is 5.51. The van der Waals surface area contributed by atoms with Crippen molar-refractivity contribution in [1.82, 2.24) is 10.6 Å². The van der Waals surface area contributed by atoms with Gasteiger partial charge < -0.3 is 20.3 Å². The summed E-state index contributed by atoms with van der Waals surface area (Å²) in [6, 6.07) is 10.3. The van der Waals surface area contributed by atoms with Gasteiger partial charge in [0.05, 0.1) is 7.11 Å². The van der Waals surface area contributed by atoms with Crippen LogP contribution in [0.2, 0.25) is 0 Å². The molecule has 1 saturated heterocycles. The zero-order chi connectivity index (χ0) is 21.5. The first-order valence-corrected chi connectivity index (χ1v) is 10.3. The Bertz CT molecular complexity index is 894. The number of hydrogen-bond donors (Lipinski definition) is 2. The zero-order valence-electron chi connectivity index (χ0n) is 18.3. The monoisotopic (exact) mass is 544 g/mol. The minimum Gasteiger partial charge on any atom is -0.496 e. The van der Waals surface area contributed by atoms with Crippen molar-refractivity contribution < 1.29 is 13.5 Å². The van der Waals surface area contributed by atoms with Crippen LogP contribution in [-0.4, -0.2) is 46.3 Å². The highest BCUT2D eigenvalue weighted by Crippen LogP contribution is 2.25. The maximum atomic E-state index is 13.5. The van der Waals surface area contributed by atoms with Gasteiger partial charge in [-0.1, -0.05) is 12.1 Å². The van der Waals surface area contributed by atoms with E-state index in [1.807, 2.05) is 6.92 Å². The van der Waals surface area contributed by atoms with Gasteiger partial charge in [-0.2, -0.15) is 0 Å². The highest BCUT2D eigenvalue weighted by Gasteiger charge is 2.23. The van der Waals surface area contributed by atoms with Gasteiger partial charge >= 0.3 is 0 Å². The maximum Gasteiger partial charge on any atom is 0.190 e. The van der Waals surface area contributed by atoms with Gasteiger partial charge in [0, 0.05) is 45.0 Å². The molecule has 0 saturated carbocycles. The van der Waals surface area contributed by atoms with Crippen LogP contribution in [-0.2, 0) is 6.42 Å². The molecule has 1 aliphatic rings. The van der Waals surface area contributed by atoms with Crippen molar-refractivity contribution in [2.24, 2.45) is 10.9 Å². The van der Waals surface area contributed by atoms with E-state index in [0.29, 0.717) is 5.92 Å². The van der Waals surface area contributed by atoms with Crippen LogP contribution in [0.4, 0.5) is 14.5 Å². The lowest BCUT2D eigenvalue weighted by molar-refractivity contribution is 0.411. The molecule has 3 rings (SSSR count). The van der Waals surface area contributed by atoms with E-state index < -0.39 is 11.6 Å². The summed E-state index contributed by atoms with van der Waals surface area (Å²) < 4.78 is 32.0. The van der Waals surface area contributed by atoms with Crippen LogP contribution in [0.5, 0.6) is 5.75 Å². The summed E-state index contributed by atoms with van der Waals surface area (Å²) in [4.78, 5) is 6.38. The lowest BCUT2D eigenvalue weighted by atomic mass is 10.1. The van der Waals surface area contributed by atoms with Gasteiger partial charge in [0.1, 0.15) is 5.75 Å². The first kappa shape index (κ1) is 25.2. The number of benzene rings is 2. The standard InChI is InChI=1S/C23H30F2N4O.HI/c1-16-4-5-17(12-22(16)30-3)8-10-27-23(26-2)28-14-18-9-11-29(15-18)19-6-7-20(24)21(25)13-19;/h4-7,12-13,18H,8-11,14-15H2,1-3H3,(H2,26,27,28);1H. The SMILES string of the molecule is CN=C(NCCc1ccc(C)c(OC)c1)NCC1CCN(c2ccc(F)c(F)c2)C1.I. The van der Waals surface area contributed by atoms with Gasteiger partial charge in [0.15, 0.2) is 17.6 Å². The van der Waals surface area contributed by atoms with Crippen molar-refractivity contribution in [2.45, 2.75) is 19.8 Å². The molecular weight excluding hydrogens is 513 g/mol. The maximum absolute atomic E-state index is 13.5. The predicted molar refractivity (Wildman–Crippen MR) is 133 cm³/mol. The highest BCUT2D eigenvalue weighted by atomic mass is 127. The molecule has 170 valence electrons. The topological polar surface area (TPSA) is 48.9 Å². The fourth-order valence-corrected chi connectivity index (χ4v) is 3.72. The number of aryl methyl sites for hydroxylation is 1. The Morgan fingerprint density at radius 2 is 1.97 bits per heavy atom. The van der Waals surface area contributed by atoms with Crippen molar-refractivity contribution in [3.8, 4) is 5.75 Å². The molecule has 1 unspecified atom stereocenters. The molecule has 0 radical (unpaired) electrons. The number of nitrogens with one attached hydrogen (secondary N) is 2. The fraction of sp³-hybridized carbons (Fsp3) is 0.435. The molecular formula is C23H31F2IN4O. The van der Waals surface area contributed by atoms with Gasteiger partial charge in [-0.15, -0.1) is 24.0 Å². The summed E-state index contributed by atoms with van der Waals surface area (Å²) in [5.41, 5.74) is 3.06. The predicted octanol–water partition coefficient (Wildman–Crippen LogP) is 4.13. The van der Waals surface area contributed by atoms with Gasteiger partial charge in [0.25, 0.3) is 0 Å². The quantitative estimate of drug-likeness (QED) is 0.313. The number of anilines is 1. The second kappa shape index (κ2) is 12.1. The molecule has 2 aromatic rings. The molecule has 0 spiro atoms. The Balaban J connectivity index is 0.00000341. The van der Waals surface area contributed by atoms with Crippen molar-refractivity contribution in [2.75, 3.05) is 45.2 Å². The molecule has 0 bridgehead atoms. The van der Waals surface area contributed by atoms with E-state index in [9.17, 15) is 8.78 Å². The molecule has 2 aromatic carbocycles. The number of guanidine groups is 1. The minimum absolute atomic E-state index is 0. The molecule has 1 aliphatic heterocycles. The lowest BCUT2D eigenvalue weighted by Gasteiger charge is -2.19. The minimum atomic E-state index is -0.810. The summed E-state index contributed by atoms with van der Waals surface area (Å²) in [5, 5.41) is 6.72. The molecule has 5 nitrogen and oxygen atoms in total. The second-order valence-corrected chi connectivity index (χ2v) is 7.63. The molecule has 1 fully saturated rings. The van der Waals surface area contributed by atoms with Crippen LogP contribution >= 0.6 is 24.0 Å². The van der Waals surface area contributed by atoms with Gasteiger partial charge in [0.2, 0.25) is 0 Å². The van der Waals surface area contributed by atoms with Crippen LogP contribution in [0.3, 0.4) is 0 Å². The second-order valence-electron chi connectivity index (χ2n) is 7.63. The van der Waals surface area contributed by atoms with E-state index >= 15 is 0 Å². The number of nitrogens with zero attached hydrogens (tertiary/aromatic N) is 2. The highest BCUT2D eigenvalue weighted by molar-refractivity contribution is 14.0. The number of halogens is 3. The number of ether oxygens (including phenoxy) is 1. The third kappa shape index (κ3) is 6.95. The van der Waals surface area contributed by atoms with E-state index in [2.05, 4.69) is 38.7 Å². The van der Waals surface area contributed by atoms with Crippen LogP contribution in [0.25, 0.3) is 0 Å². The fourth-order valence-electron chi connectivity index (χ4n) is 3.72. The Morgan fingerprint density at radius 3 is 2.68 bits per heavy atom. The van der Waals surface area contributed by atoms with E-state index in [-0.39, 0.29) is 24.0 Å². The average Bonchev–Trinajstić information content (AvgIpc) is 3.22. The molecule has 0 amide bonds. The summed E-state index contributed by atoms with van der Waals surface area (Å²) in [7, 11) is 3.44. The van der Waals surface area contributed by atoms with Crippen molar-refractivity contribution in [3.63, 3.8) is 0 Å². The summed E-state index contributed by atoms with van der Waals surface area (Å²) in [6.45, 7) is 5.20. The van der Waals surface area contributed by atoms with Crippen LogP contribution in [0.1, 0.15) is 17.5 Å². The Hall–Kier alpha value is -2.10. The van der Waals surface area contributed by atoms with Crippen LogP contribution in [0, 0.1) is 24.5 Å². The molecule has 0 aromatic heterocycles. The molecule has 2 N–H and O–H groups in total. The van der Waals surface area contributed by atoms with E-state index in [0.717, 1.165) is 62.0 Å². The average molecular weight is 544 g/mol. The molecule has 1 heterocycles. The molecule has 8 heteroatoms.